The second-order valence-electron chi connectivity index (χ2n) is 13.0. The number of rotatable bonds is 10. The minimum Gasteiger partial charge on any atom is -0.495 e. The molecule has 4 atom stereocenters. The number of methoxy groups -OCH3 is 1. The molecule has 0 aromatic heterocycles. The molecule has 270 valence electrons. The van der Waals surface area contributed by atoms with Crippen LogP contribution >= 0.6 is 23.2 Å². The Kier molecular flexibility index (Phi) is 11.8. The van der Waals surface area contributed by atoms with Gasteiger partial charge >= 0.3 is 18.0 Å². The highest BCUT2D eigenvalue weighted by Crippen LogP contribution is 2.57. The Morgan fingerprint density at radius 3 is 2.37 bits per heavy atom. The van der Waals surface area contributed by atoms with E-state index >= 15 is 8.78 Å². The lowest BCUT2D eigenvalue weighted by atomic mass is 9.62. The summed E-state index contributed by atoms with van der Waals surface area (Å²) in [5.41, 5.74) is -3.61. The van der Waals surface area contributed by atoms with Gasteiger partial charge < -0.3 is 30.1 Å². The van der Waals surface area contributed by atoms with Crippen LogP contribution in [0.25, 0.3) is 0 Å². The van der Waals surface area contributed by atoms with Gasteiger partial charge in [-0.15, -0.1) is 0 Å². The van der Waals surface area contributed by atoms with Crippen LogP contribution in [0.1, 0.15) is 61.5 Å². The van der Waals surface area contributed by atoms with E-state index in [1.165, 1.54) is 49.6 Å². The topological polar surface area (TPSA) is 158 Å². The van der Waals surface area contributed by atoms with Gasteiger partial charge in [0.25, 0.3) is 0 Å². The van der Waals surface area contributed by atoms with E-state index in [0.717, 1.165) is 17.0 Å². The van der Waals surface area contributed by atoms with Crippen LogP contribution in [0.2, 0.25) is 10.0 Å². The Hall–Kier alpha value is -4.93. The van der Waals surface area contributed by atoms with Crippen molar-refractivity contribution in [3.63, 3.8) is 0 Å². The molecule has 3 N–H and O–H groups in total. The second-order valence-corrected chi connectivity index (χ2v) is 13.9. The van der Waals surface area contributed by atoms with E-state index < -0.39 is 70.9 Å². The Bertz CT molecular complexity index is 1900. The van der Waals surface area contributed by atoms with Gasteiger partial charge in [-0.05, 0) is 60.7 Å². The summed E-state index contributed by atoms with van der Waals surface area (Å²) >= 11 is 12.4. The lowest BCUT2D eigenvalue weighted by molar-refractivity contribution is -0.141. The van der Waals surface area contributed by atoms with Crippen molar-refractivity contribution in [3.8, 4) is 11.8 Å². The molecule has 15 heteroatoms. The molecule has 1 fully saturated rings. The third-order valence-corrected chi connectivity index (χ3v) is 9.08. The number of carboxylic acid groups (broad SMARTS) is 1. The van der Waals surface area contributed by atoms with Crippen molar-refractivity contribution in [2.45, 2.75) is 57.5 Å². The maximum Gasteiger partial charge on any atom is 0.335 e. The number of ether oxygens (including phenoxy) is 2. The summed E-state index contributed by atoms with van der Waals surface area (Å²) in [5.74, 6) is -6.70. The van der Waals surface area contributed by atoms with Crippen LogP contribution in [0.5, 0.6) is 5.75 Å². The molecule has 3 aromatic carbocycles. The molecule has 0 radical (unpaired) electrons. The average molecular weight is 746 g/mol. The maximum absolute atomic E-state index is 16.3. The van der Waals surface area contributed by atoms with Gasteiger partial charge in [-0.3, -0.25) is 9.59 Å². The van der Waals surface area contributed by atoms with Crippen LogP contribution in [0.4, 0.5) is 19.3 Å². The Morgan fingerprint density at radius 2 is 1.78 bits per heavy atom. The number of nitrogens with zero attached hydrogens (tertiary/aromatic N) is 2. The largest absolute Gasteiger partial charge is 0.495 e. The number of carbonyl (C=O) groups is 4. The molecule has 51 heavy (non-hydrogen) atoms. The van der Waals surface area contributed by atoms with E-state index in [4.69, 9.17) is 32.7 Å². The zero-order chi connectivity index (χ0) is 37.8. The second kappa shape index (κ2) is 15.5. The number of hydrogen-bond acceptors (Lipinski definition) is 7. The fourth-order valence-corrected chi connectivity index (χ4v) is 6.89. The molecular formula is C36H36Cl2F2N4O7. The number of hydrogen-bond donors (Lipinski definition) is 3. The summed E-state index contributed by atoms with van der Waals surface area (Å²) in [6.07, 6.45) is -0.0332. The molecule has 1 aliphatic rings. The number of halogens is 4. The molecule has 1 saturated heterocycles. The summed E-state index contributed by atoms with van der Waals surface area (Å²) in [7, 11) is 1.24. The Labute approximate surface area is 303 Å². The van der Waals surface area contributed by atoms with Crippen LogP contribution < -0.4 is 15.4 Å². The van der Waals surface area contributed by atoms with E-state index in [1.54, 1.807) is 27.7 Å². The summed E-state index contributed by atoms with van der Waals surface area (Å²) < 4.78 is 42.9. The lowest BCUT2D eigenvalue weighted by Gasteiger charge is -2.39. The Morgan fingerprint density at radius 1 is 1.08 bits per heavy atom. The number of nitriles is 1. The van der Waals surface area contributed by atoms with Crippen LogP contribution in [0.15, 0.2) is 54.6 Å². The van der Waals surface area contributed by atoms with Gasteiger partial charge in [0, 0.05) is 16.5 Å². The molecule has 3 amide bonds. The third kappa shape index (κ3) is 7.87. The molecule has 0 unspecified atom stereocenters. The van der Waals surface area contributed by atoms with E-state index in [9.17, 15) is 29.5 Å². The number of likely N-dealkylation sites (tertiary alicyclic amines) is 1. The van der Waals surface area contributed by atoms with E-state index in [-0.39, 0.29) is 51.2 Å². The SMILES string of the molecule is CCOC(=O)CNC(=O)N1[C@@H](CC(C)(C)C)[C@](C#N)(c2ccc(Cl)cc2F)[C@@H](c2cccc(Cl)c2F)[C@@H]1C(=O)Nc1ccc(C(=O)O)cc1OC. The number of benzene rings is 3. The van der Waals surface area contributed by atoms with Crippen molar-refractivity contribution in [2.24, 2.45) is 5.41 Å². The van der Waals surface area contributed by atoms with Gasteiger partial charge in [-0.2, -0.15) is 5.26 Å². The van der Waals surface area contributed by atoms with Gasteiger partial charge in [0.2, 0.25) is 5.91 Å². The van der Waals surface area contributed by atoms with Gasteiger partial charge in [0.1, 0.15) is 35.4 Å². The first-order valence-electron chi connectivity index (χ1n) is 15.7. The van der Waals surface area contributed by atoms with Crippen molar-refractivity contribution < 1.29 is 42.5 Å². The van der Waals surface area contributed by atoms with Gasteiger partial charge in [0.15, 0.2) is 0 Å². The predicted molar refractivity (Wildman–Crippen MR) is 185 cm³/mol. The number of carbonyl (C=O) groups excluding carboxylic acids is 3. The highest BCUT2D eigenvalue weighted by atomic mass is 35.5. The fraction of sp³-hybridized carbons (Fsp3) is 0.361. The molecule has 0 aliphatic carbocycles. The zero-order valence-corrected chi connectivity index (χ0v) is 29.9. The summed E-state index contributed by atoms with van der Waals surface area (Å²) in [4.78, 5) is 54.1. The highest BCUT2D eigenvalue weighted by Gasteiger charge is 2.66. The predicted octanol–water partition coefficient (Wildman–Crippen LogP) is 6.92. The van der Waals surface area contributed by atoms with Gasteiger partial charge in [-0.1, -0.05) is 62.2 Å². The van der Waals surface area contributed by atoms with Crippen LogP contribution in [0.3, 0.4) is 0 Å². The number of aromatic carboxylic acids is 1. The number of anilines is 1. The molecule has 0 saturated carbocycles. The smallest absolute Gasteiger partial charge is 0.335 e. The first-order chi connectivity index (χ1) is 24.0. The first kappa shape index (κ1) is 38.9. The molecule has 1 heterocycles. The molecule has 0 spiro atoms. The highest BCUT2D eigenvalue weighted by molar-refractivity contribution is 6.31. The molecule has 1 aliphatic heterocycles. The number of amides is 3. The average Bonchev–Trinajstić information content (AvgIpc) is 3.34. The quantitative estimate of drug-likeness (QED) is 0.189. The van der Waals surface area contributed by atoms with Gasteiger partial charge in [-0.25, -0.2) is 18.4 Å². The third-order valence-electron chi connectivity index (χ3n) is 8.55. The molecule has 3 aromatic rings. The van der Waals surface area contributed by atoms with Crippen molar-refractivity contribution in [1.82, 2.24) is 10.2 Å². The van der Waals surface area contributed by atoms with Crippen molar-refractivity contribution in [2.75, 3.05) is 25.6 Å². The summed E-state index contributed by atoms with van der Waals surface area (Å²) in [6, 6.07) is 9.21. The van der Waals surface area contributed by atoms with Gasteiger partial charge in [0.05, 0.1) is 42.1 Å². The number of esters is 1. The number of carboxylic acids is 1. The monoisotopic (exact) mass is 744 g/mol. The first-order valence-corrected chi connectivity index (χ1v) is 16.5. The van der Waals surface area contributed by atoms with Crippen molar-refractivity contribution in [1.29, 1.82) is 5.26 Å². The van der Waals surface area contributed by atoms with Crippen molar-refractivity contribution >= 4 is 52.8 Å². The zero-order valence-electron chi connectivity index (χ0n) is 28.4. The molecular weight excluding hydrogens is 709 g/mol. The number of urea groups is 1. The molecule has 11 nitrogen and oxygen atoms in total. The van der Waals surface area contributed by atoms with E-state index in [2.05, 4.69) is 16.7 Å². The van der Waals surface area contributed by atoms with Crippen LogP contribution in [-0.2, 0) is 19.7 Å². The Balaban J connectivity index is 2.09. The molecule has 4 rings (SSSR count). The minimum absolute atomic E-state index is 0.00424. The standard InChI is InChI=1S/C36H36Cl2F2N4O7/c1-6-51-28(45)17-42-34(49)44-27(16-35(2,3)4)36(18-41,22-12-11-20(37)15-24(22)39)29(21-8-7-9-23(38)30(21)40)31(44)32(46)43-25-13-10-19(33(47)48)14-26(25)50-5/h7-15,27,29,31H,6,16-17H2,1-5H3,(H,42,49)(H,43,46)(H,47,48)/t27-,29-,31+,36-/m0/s1. The van der Waals surface area contributed by atoms with Crippen LogP contribution in [-0.4, -0.2) is 66.2 Å². The number of nitrogens with one attached hydrogen (secondary N) is 2. The van der Waals surface area contributed by atoms with E-state index in [0.29, 0.717) is 0 Å². The fourth-order valence-electron chi connectivity index (χ4n) is 6.55. The summed E-state index contributed by atoms with van der Waals surface area (Å²) in [6.45, 7) is 6.37. The normalized spacial score (nSPS) is 19.9. The van der Waals surface area contributed by atoms with Crippen molar-refractivity contribution in [3.05, 3.63) is 93.0 Å². The maximum atomic E-state index is 16.3. The minimum atomic E-state index is -2.19. The lowest BCUT2D eigenvalue weighted by Crippen LogP contribution is -2.54. The summed E-state index contributed by atoms with van der Waals surface area (Å²) in [5, 5.41) is 25.5. The van der Waals surface area contributed by atoms with Crippen LogP contribution in [0, 0.1) is 28.4 Å². The van der Waals surface area contributed by atoms with E-state index in [1.807, 2.05) is 0 Å². The molecule has 0 bridgehead atoms.